The van der Waals surface area contributed by atoms with Crippen LogP contribution in [-0.2, 0) is 17.3 Å². The van der Waals surface area contributed by atoms with Crippen molar-refractivity contribution in [2.45, 2.75) is 38.6 Å². The fourth-order valence-electron chi connectivity index (χ4n) is 3.27. The van der Waals surface area contributed by atoms with E-state index in [-0.39, 0.29) is 5.82 Å². The molecule has 0 bridgehead atoms. The molecule has 4 nitrogen and oxygen atoms in total. The Hall–Kier alpha value is -3.25. The number of aromatic nitrogens is 2. The van der Waals surface area contributed by atoms with Gasteiger partial charge in [-0.1, -0.05) is 57.7 Å². The number of halogens is 1. The Labute approximate surface area is 199 Å². The van der Waals surface area contributed by atoms with Gasteiger partial charge in [0.25, 0.3) is 0 Å². The second-order valence-corrected chi connectivity index (χ2v) is 8.69. The lowest BCUT2D eigenvalue weighted by atomic mass is 10.0. The monoisotopic (exact) mass is 465 g/mol. The molecule has 33 heavy (non-hydrogen) atoms. The minimum absolute atomic E-state index is 0.300. The van der Waals surface area contributed by atoms with E-state index in [4.69, 9.17) is 0 Å². The SMILES string of the molecule is C=Cc1c(/C(=C\C)C(=C)NCc2ccccc2S(C)=O)cnn1-c1ccc(F)cc1.CCC. The molecule has 0 aliphatic rings. The van der Waals surface area contributed by atoms with Crippen LogP contribution in [0.4, 0.5) is 4.39 Å². The van der Waals surface area contributed by atoms with Crippen LogP contribution >= 0.6 is 0 Å². The van der Waals surface area contributed by atoms with Gasteiger partial charge in [-0.15, -0.1) is 0 Å². The number of benzene rings is 2. The second kappa shape index (κ2) is 12.7. The Morgan fingerprint density at radius 3 is 2.39 bits per heavy atom. The van der Waals surface area contributed by atoms with Gasteiger partial charge in [-0.2, -0.15) is 5.10 Å². The van der Waals surface area contributed by atoms with Gasteiger partial charge in [0.1, 0.15) is 5.82 Å². The van der Waals surface area contributed by atoms with E-state index >= 15 is 0 Å². The zero-order chi connectivity index (χ0) is 24.4. The number of nitrogens with one attached hydrogen (secondary N) is 1. The Morgan fingerprint density at radius 2 is 1.82 bits per heavy atom. The van der Waals surface area contributed by atoms with Gasteiger partial charge in [-0.3, -0.25) is 4.21 Å². The van der Waals surface area contributed by atoms with Crippen LogP contribution in [0.2, 0.25) is 0 Å². The van der Waals surface area contributed by atoms with Gasteiger partial charge in [-0.25, -0.2) is 9.07 Å². The average molecular weight is 466 g/mol. The van der Waals surface area contributed by atoms with Gasteiger partial charge in [0, 0.05) is 34.5 Å². The van der Waals surface area contributed by atoms with E-state index in [1.54, 1.807) is 35.3 Å². The number of hydrogen-bond donors (Lipinski definition) is 1. The van der Waals surface area contributed by atoms with Gasteiger partial charge in [-0.05, 0) is 48.9 Å². The molecule has 0 spiro atoms. The first-order chi connectivity index (χ1) is 15.9. The van der Waals surface area contributed by atoms with E-state index in [0.29, 0.717) is 6.54 Å². The highest BCUT2D eigenvalue weighted by atomic mass is 32.2. The number of allylic oxidation sites excluding steroid dienone is 2. The molecule has 0 aliphatic heterocycles. The summed E-state index contributed by atoms with van der Waals surface area (Å²) < 4.78 is 27.0. The van der Waals surface area contributed by atoms with E-state index < -0.39 is 10.8 Å². The van der Waals surface area contributed by atoms with E-state index in [2.05, 4.69) is 37.4 Å². The molecule has 1 heterocycles. The third-order valence-corrected chi connectivity index (χ3v) is 5.77. The van der Waals surface area contributed by atoms with Crippen LogP contribution in [0.25, 0.3) is 17.3 Å². The quantitative estimate of drug-likeness (QED) is 0.386. The molecule has 3 aromatic rings. The maximum absolute atomic E-state index is 13.3. The number of nitrogens with zero attached hydrogens (tertiary/aromatic N) is 2. The molecule has 1 atom stereocenters. The van der Waals surface area contributed by atoms with Crippen molar-refractivity contribution in [3.05, 3.63) is 102 Å². The first kappa shape index (κ1) is 26.0. The van der Waals surface area contributed by atoms with E-state index in [1.165, 1.54) is 18.6 Å². The van der Waals surface area contributed by atoms with Gasteiger partial charge in [0.05, 0.1) is 28.4 Å². The average Bonchev–Trinajstić information content (AvgIpc) is 3.23. The van der Waals surface area contributed by atoms with E-state index in [0.717, 1.165) is 38.7 Å². The number of hydrogen-bond acceptors (Lipinski definition) is 3. The largest absolute Gasteiger partial charge is 0.381 e. The summed E-state index contributed by atoms with van der Waals surface area (Å²) in [7, 11) is -1.07. The molecular weight excluding hydrogens is 433 g/mol. The summed E-state index contributed by atoms with van der Waals surface area (Å²) in [6.45, 7) is 14.8. The fourth-order valence-corrected chi connectivity index (χ4v) is 4.05. The smallest absolute Gasteiger partial charge is 0.123 e. The predicted octanol–water partition coefficient (Wildman–Crippen LogP) is 6.51. The van der Waals surface area contributed by atoms with Crippen molar-refractivity contribution in [2.75, 3.05) is 6.26 Å². The lowest BCUT2D eigenvalue weighted by molar-refractivity contribution is 0.627. The molecule has 1 unspecified atom stereocenters. The summed E-state index contributed by atoms with van der Waals surface area (Å²) in [6.07, 6.45) is 8.35. The topological polar surface area (TPSA) is 46.9 Å². The molecule has 0 amide bonds. The molecule has 0 saturated heterocycles. The molecule has 3 rings (SSSR count). The van der Waals surface area contributed by atoms with Crippen LogP contribution in [0.15, 0.2) is 84.6 Å². The Kier molecular flexibility index (Phi) is 10.0. The van der Waals surface area contributed by atoms with Crippen molar-refractivity contribution < 1.29 is 8.60 Å². The molecule has 0 fully saturated rings. The molecule has 0 radical (unpaired) electrons. The van der Waals surface area contributed by atoms with Gasteiger partial charge in [0.2, 0.25) is 0 Å². The Balaban J connectivity index is 0.00000122. The van der Waals surface area contributed by atoms with Crippen molar-refractivity contribution in [3.8, 4) is 5.69 Å². The third-order valence-electron chi connectivity index (χ3n) is 4.75. The van der Waals surface area contributed by atoms with Crippen molar-refractivity contribution in [1.29, 1.82) is 0 Å². The lowest BCUT2D eigenvalue weighted by Crippen LogP contribution is -2.15. The first-order valence-corrected chi connectivity index (χ1v) is 12.4. The zero-order valence-corrected chi connectivity index (χ0v) is 20.6. The van der Waals surface area contributed by atoms with Gasteiger partial charge >= 0.3 is 0 Å². The zero-order valence-electron chi connectivity index (χ0n) is 19.8. The summed E-state index contributed by atoms with van der Waals surface area (Å²) in [4.78, 5) is 0.802. The summed E-state index contributed by atoms with van der Waals surface area (Å²) in [5.74, 6) is -0.300. The van der Waals surface area contributed by atoms with Crippen LogP contribution in [0, 0.1) is 5.82 Å². The van der Waals surface area contributed by atoms with Crippen molar-refractivity contribution in [3.63, 3.8) is 0 Å². The van der Waals surface area contributed by atoms with Crippen molar-refractivity contribution in [1.82, 2.24) is 15.1 Å². The van der Waals surface area contributed by atoms with Crippen LogP contribution in [0.3, 0.4) is 0 Å². The second-order valence-electron chi connectivity index (χ2n) is 7.34. The van der Waals surface area contributed by atoms with Crippen molar-refractivity contribution in [2.24, 2.45) is 0 Å². The Bertz CT molecular complexity index is 1150. The molecule has 2 aromatic carbocycles. The number of rotatable bonds is 8. The highest BCUT2D eigenvalue weighted by Gasteiger charge is 2.16. The van der Waals surface area contributed by atoms with Gasteiger partial charge in [0.15, 0.2) is 0 Å². The minimum atomic E-state index is -1.07. The molecule has 0 aliphatic carbocycles. The summed E-state index contributed by atoms with van der Waals surface area (Å²) in [6, 6.07) is 13.8. The molecule has 1 N–H and O–H groups in total. The maximum Gasteiger partial charge on any atom is 0.123 e. The summed E-state index contributed by atoms with van der Waals surface area (Å²) in [5, 5.41) is 7.80. The minimum Gasteiger partial charge on any atom is -0.381 e. The predicted molar refractivity (Wildman–Crippen MR) is 138 cm³/mol. The summed E-state index contributed by atoms with van der Waals surface area (Å²) in [5.41, 5.74) is 4.95. The molecular formula is C27H32FN3OS. The van der Waals surface area contributed by atoms with Crippen LogP contribution < -0.4 is 5.32 Å². The first-order valence-electron chi connectivity index (χ1n) is 10.8. The van der Waals surface area contributed by atoms with E-state index in [1.807, 2.05) is 37.3 Å². The Morgan fingerprint density at radius 1 is 1.18 bits per heavy atom. The lowest BCUT2D eigenvalue weighted by Gasteiger charge is -2.15. The van der Waals surface area contributed by atoms with E-state index in [9.17, 15) is 8.60 Å². The van der Waals surface area contributed by atoms with Crippen LogP contribution in [0.5, 0.6) is 0 Å². The molecule has 0 saturated carbocycles. The van der Waals surface area contributed by atoms with Gasteiger partial charge < -0.3 is 5.32 Å². The molecule has 1 aromatic heterocycles. The summed E-state index contributed by atoms with van der Waals surface area (Å²) >= 11 is 0. The maximum atomic E-state index is 13.3. The molecule has 174 valence electrons. The highest BCUT2D eigenvalue weighted by molar-refractivity contribution is 7.84. The molecule has 6 heteroatoms. The third kappa shape index (κ3) is 6.62. The standard InChI is InChI=1S/C24H24FN3OS.C3H8/c1-5-21(17(3)26-15-18-9-7-8-10-24(18)30(4)29)22-16-27-28(23(22)6-2)20-13-11-19(25)12-14-20;1-3-2/h5-14,16,26H,2-3,15H2,1,4H3;3H2,1-2H3/b21-5-;. The normalized spacial score (nSPS) is 11.8. The van der Waals surface area contributed by atoms with Crippen LogP contribution in [0.1, 0.15) is 44.0 Å². The fraction of sp³-hybridized carbons (Fsp3) is 0.222. The highest BCUT2D eigenvalue weighted by Crippen LogP contribution is 2.27. The van der Waals surface area contributed by atoms with Crippen LogP contribution in [-0.4, -0.2) is 20.2 Å². The van der Waals surface area contributed by atoms with Crippen molar-refractivity contribution >= 4 is 22.4 Å².